The van der Waals surface area contributed by atoms with Crippen molar-refractivity contribution in [3.8, 4) is 0 Å². The summed E-state index contributed by atoms with van der Waals surface area (Å²) >= 11 is 0. The first-order chi connectivity index (χ1) is 3.79. The van der Waals surface area contributed by atoms with Crippen LogP contribution < -0.4 is 0 Å². The van der Waals surface area contributed by atoms with E-state index in [-0.39, 0.29) is 15.2 Å². The van der Waals surface area contributed by atoms with Crippen LogP contribution in [0.4, 0.5) is 13.8 Å². The summed E-state index contributed by atoms with van der Waals surface area (Å²) in [6.07, 6.45) is 0. The fourth-order valence-electron chi connectivity index (χ4n) is 0.606. The molecular formula is C7H9F3. The van der Waals surface area contributed by atoms with Crippen LogP contribution >= 0.6 is 0 Å². The molecule has 0 spiro atoms. The van der Waals surface area contributed by atoms with Crippen LogP contribution in [-0.2, 0) is 0 Å². The number of hydrogen-bond donors (Lipinski definition) is 0. The van der Waals surface area contributed by atoms with E-state index in [9.17, 15) is 4.39 Å². The highest BCUT2D eigenvalue weighted by Gasteiger charge is 1.84. The molecular weight excluding hydrogens is 141 g/mol. The van der Waals surface area contributed by atoms with E-state index in [2.05, 4.69) is 0 Å². The Morgan fingerprint density at radius 2 is 1.80 bits per heavy atom. The molecule has 0 aliphatic heterocycles. The molecule has 0 unspecified atom stereocenters. The third-order valence-electron chi connectivity index (χ3n) is 0.980. The number of halogens is 3. The van der Waals surface area contributed by atoms with Gasteiger partial charge in [-0.25, -0.2) is 4.39 Å². The van der Waals surface area contributed by atoms with Gasteiger partial charge >= 0.3 is 0 Å². The average Bonchev–Trinajstić information content (AvgIpc) is 1.64. The van der Waals surface area contributed by atoms with Crippen LogP contribution in [-0.4, -0.2) is 0 Å². The molecule has 0 aliphatic carbocycles. The van der Waals surface area contributed by atoms with Gasteiger partial charge in [0.05, 0.1) is 0 Å². The second kappa shape index (κ2) is 4.85. The average molecular weight is 150 g/mol. The minimum atomic E-state index is -0.162. The van der Waals surface area contributed by atoms with Gasteiger partial charge in [0.2, 0.25) is 0 Å². The van der Waals surface area contributed by atoms with E-state index >= 15 is 0 Å². The number of rotatable bonds is 0. The predicted molar refractivity (Wildman–Crippen MR) is 36.1 cm³/mol. The van der Waals surface area contributed by atoms with E-state index in [1.54, 1.807) is 6.07 Å². The van der Waals surface area contributed by atoms with Gasteiger partial charge in [-0.1, -0.05) is 12.1 Å². The lowest BCUT2D eigenvalue weighted by molar-refractivity contribution is 0.626. The molecule has 0 heterocycles. The first-order valence-electron chi connectivity index (χ1n) is 2.51. The molecule has 0 amide bonds. The van der Waals surface area contributed by atoms with E-state index in [4.69, 9.17) is 0 Å². The van der Waals surface area contributed by atoms with Gasteiger partial charge in [-0.05, 0) is 24.6 Å². The van der Waals surface area contributed by atoms with Crippen molar-refractivity contribution in [2.24, 2.45) is 0 Å². The molecule has 1 aromatic carbocycles. The smallest absolute Gasteiger partial charge is 0.123 e. The maximum absolute atomic E-state index is 12.2. The summed E-state index contributed by atoms with van der Waals surface area (Å²) in [5.74, 6) is -0.162. The molecule has 0 nitrogen and oxygen atoms in total. The van der Waals surface area contributed by atoms with Crippen molar-refractivity contribution in [2.45, 2.75) is 6.92 Å². The summed E-state index contributed by atoms with van der Waals surface area (Å²) in [6, 6.07) is 6.50. The summed E-state index contributed by atoms with van der Waals surface area (Å²) in [6.45, 7) is 1.86. The maximum atomic E-state index is 12.2. The molecule has 0 saturated carbocycles. The molecule has 1 aromatic rings. The van der Waals surface area contributed by atoms with Gasteiger partial charge in [-0.3, -0.25) is 9.41 Å². The molecule has 0 fully saturated rings. The molecule has 0 N–H and O–H groups in total. The van der Waals surface area contributed by atoms with Crippen LogP contribution in [0.2, 0.25) is 0 Å². The molecule has 0 saturated heterocycles. The van der Waals surface area contributed by atoms with Gasteiger partial charge in [0.15, 0.2) is 0 Å². The zero-order valence-corrected chi connectivity index (χ0v) is 5.50. The predicted octanol–water partition coefficient (Wildman–Crippen LogP) is 2.44. The van der Waals surface area contributed by atoms with Crippen LogP contribution in [0.15, 0.2) is 24.3 Å². The normalized spacial score (nSPS) is 7.40. The summed E-state index contributed by atoms with van der Waals surface area (Å²) in [5, 5.41) is 0. The number of aryl methyl sites for hydroxylation is 1. The lowest BCUT2D eigenvalue weighted by Gasteiger charge is -1.87. The van der Waals surface area contributed by atoms with Crippen LogP contribution in [0.1, 0.15) is 5.56 Å². The summed E-state index contributed by atoms with van der Waals surface area (Å²) in [4.78, 5) is 0. The van der Waals surface area contributed by atoms with Crippen molar-refractivity contribution >= 4 is 0 Å². The maximum Gasteiger partial charge on any atom is 0.123 e. The van der Waals surface area contributed by atoms with E-state index < -0.39 is 0 Å². The van der Waals surface area contributed by atoms with Crippen LogP contribution in [0.25, 0.3) is 0 Å². The fourth-order valence-corrected chi connectivity index (χ4v) is 0.606. The third-order valence-corrected chi connectivity index (χ3v) is 0.980. The monoisotopic (exact) mass is 150 g/mol. The number of benzene rings is 1. The Kier molecular flexibility index (Phi) is 5.70. The molecule has 58 valence electrons. The van der Waals surface area contributed by atoms with Gasteiger partial charge in [-0.15, -0.1) is 0 Å². The first-order valence-corrected chi connectivity index (χ1v) is 2.51. The summed E-state index contributed by atoms with van der Waals surface area (Å²) in [7, 11) is 0. The van der Waals surface area contributed by atoms with E-state index in [1.807, 2.05) is 13.0 Å². The largest absolute Gasteiger partial charge is 0.269 e. The van der Waals surface area contributed by atoms with Gasteiger partial charge in [0, 0.05) is 0 Å². The lowest BCUT2D eigenvalue weighted by atomic mass is 10.2. The van der Waals surface area contributed by atoms with Crippen molar-refractivity contribution in [1.29, 1.82) is 0 Å². The van der Waals surface area contributed by atoms with Crippen molar-refractivity contribution in [1.82, 2.24) is 0 Å². The highest BCUT2D eigenvalue weighted by Crippen LogP contribution is 1.99. The molecule has 3 heteroatoms. The van der Waals surface area contributed by atoms with Crippen LogP contribution in [0.5, 0.6) is 0 Å². The Morgan fingerprint density at radius 1 is 1.20 bits per heavy atom. The molecule has 10 heavy (non-hydrogen) atoms. The molecule has 1 rings (SSSR count). The quantitative estimate of drug-likeness (QED) is 0.532. The highest BCUT2D eigenvalue weighted by molar-refractivity contribution is 5.13. The summed E-state index contributed by atoms with van der Waals surface area (Å²) in [5.41, 5.74) is 0.963. The molecule has 0 atom stereocenters. The minimum Gasteiger partial charge on any atom is -0.269 e. The Bertz CT molecular complexity index is 169. The van der Waals surface area contributed by atoms with Gasteiger partial charge in [-0.2, -0.15) is 0 Å². The fraction of sp³-hybridized carbons (Fsp3) is 0.143. The van der Waals surface area contributed by atoms with E-state index in [1.165, 1.54) is 12.1 Å². The SMILES string of the molecule is Cc1cccc(F)c1.F.F. The molecule has 0 radical (unpaired) electrons. The second-order valence-electron chi connectivity index (χ2n) is 1.80. The van der Waals surface area contributed by atoms with Crippen molar-refractivity contribution < 1.29 is 13.8 Å². The Morgan fingerprint density at radius 3 is 2.10 bits per heavy atom. The third kappa shape index (κ3) is 3.12. The lowest BCUT2D eigenvalue weighted by Crippen LogP contribution is -1.72. The van der Waals surface area contributed by atoms with E-state index in [0.29, 0.717) is 0 Å². The Balaban J connectivity index is 0. The number of hydrogen-bond acceptors (Lipinski definition) is 0. The van der Waals surface area contributed by atoms with Crippen molar-refractivity contribution in [2.75, 3.05) is 0 Å². The Hall–Kier alpha value is -0.990. The second-order valence-corrected chi connectivity index (χ2v) is 1.80. The highest BCUT2D eigenvalue weighted by atomic mass is 19.1. The van der Waals surface area contributed by atoms with Gasteiger partial charge < -0.3 is 0 Å². The topological polar surface area (TPSA) is 0 Å². The molecule has 0 bridgehead atoms. The molecule has 0 aliphatic rings. The zero-order valence-electron chi connectivity index (χ0n) is 5.50. The van der Waals surface area contributed by atoms with Crippen molar-refractivity contribution in [3.05, 3.63) is 35.6 Å². The minimum absolute atomic E-state index is 0. The zero-order chi connectivity index (χ0) is 5.98. The van der Waals surface area contributed by atoms with Crippen LogP contribution in [0, 0.1) is 12.7 Å². The first kappa shape index (κ1) is 11.8. The Labute approximate surface area is 57.4 Å². The van der Waals surface area contributed by atoms with Gasteiger partial charge in [0.25, 0.3) is 0 Å². The van der Waals surface area contributed by atoms with Crippen LogP contribution in [0.3, 0.4) is 0 Å². The van der Waals surface area contributed by atoms with Gasteiger partial charge in [0.1, 0.15) is 5.82 Å². The standard InChI is InChI=1S/C7H7F.2FH/c1-6-3-2-4-7(8)5-6;;/h2-5H,1H3;2*1H. The van der Waals surface area contributed by atoms with E-state index in [0.717, 1.165) is 5.56 Å². The summed E-state index contributed by atoms with van der Waals surface area (Å²) < 4.78 is 12.2. The van der Waals surface area contributed by atoms with Crippen molar-refractivity contribution in [3.63, 3.8) is 0 Å². The molecule has 0 aromatic heterocycles.